The maximum absolute atomic E-state index is 11.4. The Kier molecular flexibility index (Phi) is 1.72. The van der Waals surface area contributed by atoms with Crippen molar-refractivity contribution in [3.05, 3.63) is 0 Å². The zero-order chi connectivity index (χ0) is 11.4. The normalized spacial score (nSPS) is 41.5. The van der Waals surface area contributed by atoms with E-state index in [9.17, 15) is 19.2 Å². The van der Waals surface area contributed by atoms with Crippen molar-refractivity contribution in [2.75, 3.05) is 0 Å². The monoisotopic (exact) mass is 224 g/mol. The van der Waals surface area contributed by atoms with Crippen LogP contribution in [-0.2, 0) is 28.7 Å². The van der Waals surface area contributed by atoms with Gasteiger partial charge in [0.05, 0.1) is 24.2 Å². The fourth-order valence-corrected chi connectivity index (χ4v) is 2.93. The van der Waals surface area contributed by atoms with Crippen LogP contribution in [0.3, 0.4) is 0 Å². The molecule has 3 aliphatic rings. The van der Waals surface area contributed by atoms with E-state index >= 15 is 0 Å². The Bertz CT molecular complexity index is 419. The van der Waals surface area contributed by atoms with E-state index in [1.807, 2.05) is 0 Å². The maximum atomic E-state index is 11.4. The molecule has 0 amide bonds. The molecule has 3 fully saturated rings. The molecule has 84 valence electrons. The number of rotatable bonds is 0. The van der Waals surface area contributed by atoms with E-state index < -0.39 is 47.5 Å². The van der Waals surface area contributed by atoms with Crippen LogP contribution in [0.15, 0.2) is 0 Å². The van der Waals surface area contributed by atoms with Crippen LogP contribution in [0.1, 0.15) is 12.8 Å². The van der Waals surface area contributed by atoms with E-state index in [4.69, 9.17) is 0 Å². The van der Waals surface area contributed by atoms with Crippen LogP contribution in [0.4, 0.5) is 0 Å². The van der Waals surface area contributed by atoms with E-state index in [-0.39, 0.29) is 12.8 Å². The SMILES string of the molecule is O=C1CC2C(C[C@H]3C(=O)OC(=O)C23)C(=O)O1. The molecule has 16 heavy (non-hydrogen) atoms. The number of carbonyl (C=O) groups is 4. The molecule has 0 spiro atoms. The lowest BCUT2D eigenvalue weighted by Gasteiger charge is -2.24. The quantitative estimate of drug-likeness (QED) is 0.404. The molecule has 2 heterocycles. The van der Waals surface area contributed by atoms with Gasteiger partial charge in [0.15, 0.2) is 0 Å². The number of cyclic esters (lactones) is 4. The summed E-state index contributed by atoms with van der Waals surface area (Å²) in [6, 6.07) is 0. The molecule has 0 bridgehead atoms. The molecular formula is C10H8O6. The standard InChI is InChI=1S/C10H8O6/c11-6-2-3-4(8(12)15-6)1-5-7(3)10(14)16-9(5)13/h3-5,7H,1-2H2/t3?,4?,5-,7?/m1/s1. The third-order valence-electron chi connectivity index (χ3n) is 3.62. The molecule has 0 aromatic carbocycles. The second-order valence-electron chi connectivity index (χ2n) is 4.38. The summed E-state index contributed by atoms with van der Waals surface area (Å²) in [5.41, 5.74) is 0. The molecule has 0 radical (unpaired) electrons. The fraction of sp³-hybridized carbons (Fsp3) is 0.600. The topological polar surface area (TPSA) is 86.7 Å². The first kappa shape index (κ1) is 9.50. The van der Waals surface area contributed by atoms with Gasteiger partial charge < -0.3 is 9.47 Å². The molecule has 0 aromatic rings. The Morgan fingerprint density at radius 3 is 2.31 bits per heavy atom. The van der Waals surface area contributed by atoms with Gasteiger partial charge in [-0.15, -0.1) is 0 Å². The van der Waals surface area contributed by atoms with Crippen molar-refractivity contribution in [1.29, 1.82) is 0 Å². The Balaban J connectivity index is 1.97. The van der Waals surface area contributed by atoms with Crippen molar-refractivity contribution in [3.63, 3.8) is 0 Å². The van der Waals surface area contributed by atoms with Crippen LogP contribution in [0.2, 0.25) is 0 Å². The summed E-state index contributed by atoms with van der Waals surface area (Å²) in [7, 11) is 0. The van der Waals surface area contributed by atoms with Crippen LogP contribution >= 0.6 is 0 Å². The maximum Gasteiger partial charge on any atom is 0.317 e. The highest BCUT2D eigenvalue weighted by molar-refractivity contribution is 6.00. The molecule has 1 saturated carbocycles. The number of ether oxygens (including phenoxy) is 2. The minimum atomic E-state index is -0.630. The predicted octanol–water partition coefficient (Wildman–Crippen LogP) is -0.588. The summed E-state index contributed by atoms with van der Waals surface area (Å²) in [6.45, 7) is 0. The number of hydrogen-bond donors (Lipinski definition) is 0. The highest BCUT2D eigenvalue weighted by atomic mass is 16.6. The summed E-state index contributed by atoms with van der Waals surface area (Å²) in [5, 5.41) is 0. The van der Waals surface area contributed by atoms with Crippen molar-refractivity contribution in [2.24, 2.45) is 23.7 Å². The van der Waals surface area contributed by atoms with Crippen LogP contribution in [0, 0.1) is 23.7 Å². The van der Waals surface area contributed by atoms with E-state index in [0.29, 0.717) is 0 Å². The fourth-order valence-electron chi connectivity index (χ4n) is 2.93. The summed E-state index contributed by atoms with van der Waals surface area (Å²) in [6.07, 6.45) is 0.270. The van der Waals surface area contributed by atoms with E-state index in [2.05, 4.69) is 9.47 Å². The first-order chi connectivity index (χ1) is 7.58. The summed E-state index contributed by atoms with van der Waals surface area (Å²) in [5.74, 6) is -4.55. The van der Waals surface area contributed by atoms with Crippen LogP contribution in [0.25, 0.3) is 0 Å². The zero-order valence-corrected chi connectivity index (χ0v) is 8.17. The summed E-state index contributed by atoms with van der Waals surface area (Å²) in [4.78, 5) is 45.3. The lowest BCUT2D eigenvalue weighted by molar-refractivity contribution is -0.171. The number of esters is 4. The second-order valence-corrected chi connectivity index (χ2v) is 4.38. The van der Waals surface area contributed by atoms with Gasteiger partial charge in [-0.25, -0.2) is 0 Å². The Morgan fingerprint density at radius 2 is 1.56 bits per heavy atom. The van der Waals surface area contributed by atoms with Gasteiger partial charge in [0, 0.05) is 0 Å². The van der Waals surface area contributed by atoms with Crippen molar-refractivity contribution < 1.29 is 28.7 Å². The number of hydrogen-bond acceptors (Lipinski definition) is 6. The highest BCUT2D eigenvalue weighted by Crippen LogP contribution is 2.49. The summed E-state index contributed by atoms with van der Waals surface area (Å²) < 4.78 is 9.00. The summed E-state index contributed by atoms with van der Waals surface area (Å²) >= 11 is 0. The molecule has 2 saturated heterocycles. The van der Waals surface area contributed by atoms with Gasteiger partial charge in [-0.2, -0.15) is 0 Å². The van der Waals surface area contributed by atoms with Gasteiger partial charge in [0.25, 0.3) is 0 Å². The minimum absolute atomic E-state index is 0.0138. The zero-order valence-electron chi connectivity index (χ0n) is 8.17. The van der Waals surface area contributed by atoms with E-state index in [0.717, 1.165) is 0 Å². The number of carbonyl (C=O) groups excluding carboxylic acids is 4. The van der Waals surface area contributed by atoms with Crippen molar-refractivity contribution in [2.45, 2.75) is 12.8 Å². The smallest absolute Gasteiger partial charge is 0.317 e. The molecule has 0 N–H and O–H groups in total. The van der Waals surface area contributed by atoms with Crippen molar-refractivity contribution in [1.82, 2.24) is 0 Å². The molecular weight excluding hydrogens is 216 g/mol. The van der Waals surface area contributed by atoms with Crippen LogP contribution in [-0.4, -0.2) is 23.9 Å². The average Bonchev–Trinajstić information content (AvgIpc) is 2.67. The molecule has 3 unspecified atom stereocenters. The van der Waals surface area contributed by atoms with Crippen molar-refractivity contribution >= 4 is 23.9 Å². The lowest BCUT2D eigenvalue weighted by atomic mass is 9.84. The first-order valence-corrected chi connectivity index (χ1v) is 5.08. The van der Waals surface area contributed by atoms with E-state index in [1.54, 1.807) is 0 Å². The average molecular weight is 224 g/mol. The van der Waals surface area contributed by atoms with Gasteiger partial charge in [-0.3, -0.25) is 19.2 Å². The third-order valence-corrected chi connectivity index (χ3v) is 3.62. The third kappa shape index (κ3) is 1.07. The van der Waals surface area contributed by atoms with Crippen LogP contribution < -0.4 is 0 Å². The molecule has 2 aliphatic heterocycles. The molecule has 3 rings (SSSR count). The van der Waals surface area contributed by atoms with Crippen LogP contribution in [0.5, 0.6) is 0 Å². The molecule has 4 atom stereocenters. The number of fused-ring (bicyclic) bond motifs is 3. The molecule has 0 aromatic heterocycles. The minimum Gasteiger partial charge on any atom is -0.393 e. The van der Waals surface area contributed by atoms with Gasteiger partial charge in [0.2, 0.25) is 0 Å². The molecule has 6 heteroatoms. The predicted molar refractivity (Wildman–Crippen MR) is 45.4 cm³/mol. The Labute approximate surface area is 89.9 Å². The first-order valence-electron chi connectivity index (χ1n) is 5.08. The van der Waals surface area contributed by atoms with Crippen molar-refractivity contribution in [3.8, 4) is 0 Å². The van der Waals surface area contributed by atoms with Gasteiger partial charge >= 0.3 is 23.9 Å². The largest absolute Gasteiger partial charge is 0.393 e. The Hall–Kier alpha value is -1.72. The highest BCUT2D eigenvalue weighted by Gasteiger charge is 2.60. The van der Waals surface area contributed by atoms with E-state index in [1.165, 1.54) is 0 Å². The Morgan fingerprint density at radius 1 is 0.875 bits per heavy atom. The second kappa shape index (κ2) is 2.90. The molecule has 6 nitrogen and oxygen atoms in total. The lowest BCUT2D eigenvalue weighted by Crippen LogP contribution is -2.36. The van der Waals surface area contributed by atoms with Gasteiger partial charge in [-0.05, 0) is 12.3 Å². The van der Waals surface area contributed by atoms with Gasteiger partial charge in [0.1, 0.15) is 0 Å². The molecule has 1 aliphatic carbocycles. The van der Waals surface area contributed by atoms with Gasteiger partial charge in [-0.1, -0.05) is 0 Å².